The number of aryl methyl sites for hydroxylation is 1. The lowest BCUT2D eigenvalue weighted by molar-refractivity contribution is -0.139. The van der Waals surface area contributed by atoms with E-state index in [2.05, 4.69) is 5.32 Å². The molecule has 7 nitrogen and oxygen atoms in total. The van der Waals surface area contributed by atoms with Crippen molar-refractivity contribution in [2.75, 3.05) is 10.8 Å². The van der Waals surface area contributed by atoms with E-state index in [-0.39, 0.29) is 29.1 Å². The lowest BCUT2D eigenvalue weighted by Crippen LogP contribution is -2.53. The Balaban J connectivity index is 1.72. The number of rotatable bonds is 10. The van der Waals surface area contributed by atoms with Crippen LogP contribution >= 0.6 is 0 Å². The first kappa shape index (κ1) is 32.1. The smallest absolute Gasteiger partial charge is 0.352 e. The van der Waals surface area contributed by atoms with E-state index in [9.17, 15) is 31.2 Å². The maximum atomic E-state index is 14.1. The fourth-order valence-corrected chi connectivity index (χ4v) is 6.64. The third-order valence-electron chi connectivity index (χ3n) is 7.79. The molecule has 2 amide bonds. The first-order valence-corrected chi connectivity index (χ1v) is 15.7. The van der Waals surface area contributed by atoms with Crippen molar-refractivity contribution >= 4 is 27.5 Å². The van der Waals surface area contributed by atoms with Gasteiger partial charge in [-0.15, -0.1) is 0 Å². The highest BCUT2D eigenvalue weighted by atomic mass is 32.2. The fraction of sp³-hybridized carbons (Fsp3) is 0.375. The van der Waals surface area contributed by atoms with Crippen molar-refractivity contribution < 1.29 is 31.2 Å². The van der Waals surface area contributed by atoms with Crippen molar-refractivity contribution in [1.29, 1.82) is 0 Å². The summed E-state index contributed by atoms with van der Waals surface area (Å²) in [5.41, 5.74) is 0.251. The highest BCUT2D eigenvalue weighted by Crippen LogP contribution is 2.33. The Morgan fingerprint density at radius 2 is 1.58 bits per heavy atom. The number of sulfonamides is 1. The zero-order chi connectivity index (χ0) is 31.2. The number of benzene rings is 3. The van der Waals surface area contributed by atoms with Gasteiger partial charge in [-0.3, -0.25) is 13.9 Å². The molecule has 1 N–H and O–H groups in total. The molecule has 0 aromatic heterocycles. The SMILES string of the molecule is Cc1ccccc1CN(C(=O)CN(c1cccc(C(F)(F)F)c1)S(=O)(=O)c1ccccc1)[C@@H](C)C(=O)NC1CCCCC1. The number of carbonyl (C=O) groups is 2. The van der Waals surface area contributed by atoms with Crippen molar-refractivity contribution in [2.45, 2.75) is 75.7 Å². The molecule has 3 aromatic rings. The van der Waals surface area contributed by atoms with Gasteiger partial charge in [0.2, 0.25) is 11.8 Å². The Hall–Kier alpha value is -3.86. The standard InChI is InChI=1S/C32H36F3N3O4S/c1-23-12-9-10-13-25(23)21-37(24(2)31(40)36-27-15-5-3-6-16-27)30(39)22-38(43(41,42)29-18-7-4-8-19-29)28-17-11-14-26(20-28)32(33,34)35/h4,7-14,17-20,24,27H,3,5-6,15-16,21-22H2,1-2H3,(H,36,40)/t24-/m0/s1. The van der Waals surface area contributed by atoms with Crippen molar-refractivity contribution in [3.63, 3.8) is 0 Å². The molecule has 43 heavy (non-hydrogen) atoms. The number of nitrogens with one attached hydrogen (secondary N) is 1. The first-order chi connectivity index (χ1) is 20.4. The fourth-order valence-electron chi connectivity index (χ4n) is 5.21. The van der Waals surface area contributed by atoms with Crippen LogP contribution in [-0.4, -0.2) is 43.8 Å². The summed E-state index contributed by atoms with van der Waals surface area (Å²) in [6.07, 6.45) is 0.0283. The summed E-state index contributed by atoms with van der Waals surface area (Å²) < 4.78 is 69.2. The minimum atomic E-state index is -4.73. The molecule has 0 unspecified atom stereocenters. The minimum Gasteiger partial charge on any atom is -0.352 e. The number of anilines is 1. The van der Waals surface area contributed by atoms with Gasteiger partial charge in [0.05, 0.1) is 16.1 Å². The van der Waals surface area contributed by atoms with Crippen molar-refractivity contribution in [1.82, 2.24) is 10.2 Å². The van der Waals surface area contributed by atoms with Gasteiger partial charge < -0.3 is 10.2 Å². The van der Waals surface area contributed by atoms with E-state index in [0.29, 0.717) is 10.4 Å². The van der Waals surface area contributed by atoms with Crippen LogP contribution in [0.15, 0.2) is 83.8 Å². The van der Waals surface area contributed by atoms with Gasteiger partial charge in [-0.1, -0.05) is 67.8 Å². The van der Waals surface area contributed by atoms with Gasteiger partial charge in [-0.05, 0) is 68.1 Å². The summed E-state index contributed by atoms with van der Waals surface area (Å²) in [5.74, 6) is -1.10. The summed E-state index contributed by atoms with van der Waals surface area (Å²) in [6.45, 7) is 2.63. The van der Waals surface area contributed by atoms with Crippen LogP contribution in [0.25, 0.3) is 0 Å². The highest BCUT2D eigenvalue weighted by Gasteiger charge is 2.35. The molecule has 0 radical (unpaired) electrons. The van der Waals surface area contributed by atoms with E-state index in [1.54, 1.807) is 19.1 Å². The van der Waals surface area contributed by atoms with E-state index in [1.807, 2.05) is 25.1 Å². The number of hydrogen-bond donors (Lipinski definition) is 1. The summed E-state index contributed by atoms with van der Waals surface area (Å²) in [7, 11) is -4.48. The molecule has 1 aliphatic rings. The quantitative estimate of drug-likeness (QED) is 0.300. The highest BCUT2D eigenvalue weighted by molar-refractivity contribution is 7.92. The molecular weight excluding hydrogens is 579 g/mol. The third kappa shape index (κ3) is 7.95. The average molecular weight is 616 g/mol. The Morgan fingerprint density at radius 1 is 0.930 bits per heavy atom. The van der Waals surface area contributed by atoms with Gasteiger partial charge in [0.25, 0.3) is 10.0 Å². The van der Waals surface area contributed by atoms with E-state index in [4.69, 9.17) is 0 Å². The normalized spacial score (nSPS) is 15.0. The summed E-state index contributed by atoms with van der Waals surface area (Å²) >= 11 is 0. The Morgan fingerprint density at radius 3 is 2.23 bits per heavy atom. The van der Waals surface area contributed by atoms with Crippen LogP contribution in [0.1, 0.15) is 55.7 Å². The Kier molecular flexibility index (Phi) is 10.2. The van der Waals surface area contributed by atoms with Crippen molar-refractivity contribution in [3.8, 4) is 0 Å². The molecule has 3 aromatic carbocycles. The molecule has 1 saturated carbocycles. The number of nitrogens with zero attached hydrogens (tertiary/aromatic N) is 2. The minimum absolute atomic E-state index is 0.00652. The molecule has 0 saturated heterocycles. The molecule has 230 valence electrons. The van der Waals surface area contributed by atoms with Crippen LogP contribution in [0, 0.1) is 6.92 Å². The lowest BCUT2D eigenvalue weighted by atomic mass is 9.95. The van der Waals surface area contributed by atoms with E-state index < -0.39 is 40.3 Å². The molecule has 0 spiro atoms. The van der Waals surface area contributed by atoms with Gasteiger partial charge in [0.1, 0.15) is 12.6 Å². The Labute approximate surface area is 250 Å². The molecule has 1 aliphatic carbocycles. The van der Waals surface area contributed by atoms with Crippen LogP contribution in [0.3, 0.4) is 0 Å². The van der Waals surface area contributed by atoms with Gasteiger partial charge in [-0.25, -0.2) is 8.42 Å². The summed E-state index contributed by atoms with van der Waals surface area (Å²) in [4.78, 5) is 28.6. The molecule has 0 aliphatic heterocycles. The van der Waals surface area contributed by atoms with Gasteiger partial charge in [0, 0.05) is 12.6 Å². The zero-order valence-electron chi connectivity index (χ0n) is 24.2. The largest absolute Gasteiger partial charge is 0.416 e. The van der Waals surface area contributed by atoms with Gasteiger partial charge in [0.15, 0.2) is 0 Å². The predicted molar refractivity (Wildman–Crippen MR) is 159 cm³/mol. The van der Waals surface area contributed by atoms with Crippen LogP contribution in [0.5, 0.6) is 0 Å². The topological polar surface area (TPSA) is 86.8 Å². The summed E-state index contributed by atoms with van der Waals surface area (Å²) in [6, 6.07) is 17.4. The summed E-state index contributed by atoms with van der Waals surface area (Å²) in [5, 5.41) is 3.03. The third-order valence-corrected chi connectivity index (χ3v) is 9.58. The van der Waals surface area contributed by atoms with Gasteiger partial charge in [-0.2, -0.15) is 13.2 Å². The monoisotopic (exact) mass is 615 g/mol. The van der Waals surface area contributed by atoms with Crippen LogP contribution in [0.2, 0.25) is 0 Å². The molecule has 11 heteroatoms. The molecule has 1 fully saturated rings. The number of alkyl halides is 3. The second kappa shape index (κ2) is 13.6. The first-order valence-electron chi connectivity index (χ1n) is 14.3. The van der Waals surface area contributed by atoms with Crippen molar-refractivity contribution in [2.24, 2.45) is 0 Å². The second-order valence-electron chi connectivity index (χ2n) is 10.8. The van der Waals surface area contributed by atoms with Crippen molar-refractivity contribution in [3.05, 3.63) is 95.6 Å². The number of hydrogen-bond acceptors (Lipinski definition) is 4. The van der Waals surface area contributed by atoms with E-state index in [0.717, 1.165) is 55.4 Å². The maximum Gasteiger partial charge on any atom is 0.416 e. The predicted octanol–water partition coefficient (Wildman–Crippen LogP) is 6.08. The van der Waals surface area contributed by atoms with E-state index in [1.165, 1.54) is 35.2 Å². The number of carbonyl (C=O) groups excluding carboxylic acids is 2. The molecular formula is C32H36F3N3O4S. The molecule has 4 rings (SSSR count). The molecule has 1 atom stereocenters. The average Bonchev–Trinajstić information content (AvgIpc) is 2.99. The zero-order valence-corrected chi connectivity index (χ0v) is 25.0. The lowest BCUT2D eigenvalue weighted by Gasteiger charge is -2.33. The second-order valence-corrected chi connectivity index (χ2v) is 12.7. The van der Waals surface area contributed by atoms with Crippen LogP contribution in [-0.2, 0) is 32.3 Å². The Bertz CT molecular complexity index is 1520. The number of amides is 2. The maximum absolute atomic E-state index is 14.1. The molecule has 0 heterocycles. The number of halogens is 3. The van der Waals surface area contributed by atoms with Gasteiger partial charge >= 0.3 is 6.18 Å². The van der Waals surface area contributed by atoms with E-state index >= 15 is 0 Å². The van der Waals surface area contributed by atoms with Crippen LogP contribution < -0.4 is 9.62 Å². The van der Waals surface area contributed by atoms with Crippen LogP contribution in [0.4, 0.5) is 18.9 Å². The molecule has 0 bridgehead atoms.